The van der Waals surface area contributed by atoms with Gasteiger partial charge in [-0.05, 0) is 26.3 Å². The van der Waals surface area contributed by atoms with E-state index in [-0.39, 0.29) is 11.8 Å². The van der Waals surface area contributed by atoms with E-state index in [4.69, 9.17) is 0 Å². The van der Waals surface area contributed by atoms with Crippen molar-refractivity contribution in [2.45, 2.75) is 32.0 Å². The highest BCUT2D eigenvalue weighted by Gasteiger charge is 2.25. The van der Waals surface area contributed by atoms with Crippen LogP contribution in [0.4, 0.5) is 4.39 Å². The Balaban J connectivity index is 2.40. The lowest BCUT2D eigenvalue weighted by atomic mass is 10.1. The number of Topliss-reactive ketones (excluding diaryl/α,β-unsaturated/α-hetero) is 1. The predicted molar refractivity (Wildman–Crippen MR) is 36.6 cm³/mol. The quantitative estimate of drug-likeness (QED) is 0.618. The van der Waals surface area contributed by atoms with Crippen molar-refractivity contribution in [2.75, 3.05) is 6.54 Å². The maximum atomic E-state index is 12.4. The number of alkyl halides is 1. The van der Waals surface area contributed by atoms with E-state index in [9.17, 15) is 9.18 Å². The molecule has 2 nitrogen and oxygen atoms in total. The third kappa shape index (κ3) is 1.53. The number of carbonyl (C=O) groups is 1. The molecular formula is C7H12FNO. The van der Waals surface area contributed by atoms with Gasteiger partial charge >= 0.3 is 0 Å². The van der Waals surface area contributed by atoms with Crippen molar-refractivity contribution >= 4 is 5.78 Å². The molecule has 0 aliphatic carbocycles. The molecule has 10 heavy (non-hydrogen) atoms. The van der Waals surface area contributed by atoms with Gasteiger partial charge in [0, 0.05) is 0 Å². The number of ketones is 1. The Hall–Kier alpha value is -0.440. The molecule has 0 bridgehead atoms. The molecule has 0 spiro atoms. The van der Waals surface area contributed by atoms with Crippen molar-refractivity contribution in [3.63, 3.8) is 0 Å². The molecule has 1 N–H and O–H groups in total. The fraction of sp³-hybridized carbons (Fsp3) is 0.857. The summed E-state index contributed by atoms with van der Waals surface area (Å²) in [6.45, 7) is 2.14. The van der Waals surface area contributed by atoms with E-state index >= 15 is 0 Å². The summed E-state index contributed by atoms with van der Waals surface area (Å²) in [5.74, 6) is -0.294. The van der Waals surface area contributed by atoms with Gasteiger partial charge in [-0.1, -0.05) is 0 Å². The lowest BCUT2D eigenvalue weighted by Gasteiger charge is -2.08. The van der Waals surface area contributed by atoms with Gasteiger partial charge in [0.15, 0.2) is 12.0 Å². The first kappa shape index (κ1) is 7.66. The van der Waals surface area contributed by atoms with Gasteiger partial charge < -0.3 is 5.32 Å². The van der Waals surface area contributed by atoms with Gasteiger partial charge in [-0.2, -0.15) is 0 Å². The van der Waals surface area contributed by atoms with Gasteiger partial charge in [0.25, 0.3) is 0 Å². The van der Waals surface area contributed by atoms with Crippen LogP contribution in [0.15, 0.2) is 0 Å². The second-order valence-electron chi connectivity index (χ2n) is 2.67. The van der Waals surface area contributed by atoms with Crippen LogP contribution in [0.25, 0.3) is 0 Å². The average Bonchev–Trinajstić information content (AvgIpc) is 2.36. The van der Waals surface area contributed by atoms with Crippen LogP contribution in [0.5, 0.6) is 0 Å². The Morgan fingerprint density at radius 3 is 2.90 bits per heavy atom. The third-order valence-electron chi connectivity index (χ3n) is 1.80. The molecule has 2 atom stereocenters. The van der Waals surface area contributed by atoms with E-state index in [1.165, 1.54) is 6.92 Å². The molecule has 0 aromatic rings. The van der Waals surface area contributed by atoms with Crippen molar-refractivity contribution in [1.29, 1.82) is 0 Å². The fourth-order valence-electron chi connectivity index (χ4n) is 1.20. The molecule has 1 fully saturated rings. The fourth-order valence-corrected chi connectivity index (χ4v) is 1.20. The number of hydrogen-bond donors (Lipinski definition) is 1. The maximum Gasteiger partial charge on any atom is 0.183 e. The Labute approximate surface area is 59.8 Å². The second kappa shape index (κ2) is 3.10. The number of carbonyl (C=O) groups excluding carboxylic acids is 1. The van der Waals surface area contributed by atoms with Gasteiger partial charge in [0.2, 0.25) is 0 Å². The number of hydrogen-bond acceptors (Lipinski definition) is 2. The van der Waals surface area contributed by atoms with Crippen molar-refractivity contribution in [2.24, 2.45) is 0 Å². The summed E-state index contributed by atoms with van der Waals surface area (Å²) >= 11 is 0. The summed E-state index contributed by atoms with van der Waals surface area (Å²) in [6.07, 6.45) is 0.478. The highest BCUT2D eigenvalue weighted by molar-refractivity contribution is 5.87. The van der Waals surface area contributed by atoms with E-state index in [1.807, 2.05) is 0 Å². The molecule has 1 aliphatic heterocycles. The van der Waals surface area contributed by atoms with E-state index in [2.05, 4.69) is 5.32 Å². The van der Waals surface area contributed by atoms with Crippen molar-refractivity contribution in [3.05, 3.63) is 0 Å². The minimum Gasteiger partial charge on any atom is -0.307 e. The minimum absolute atomic E-state index is 0.208. The van der Waals surface area contributed by atoms with Crippen LogP contribution in [0.1, 0.15) is 19.8 Å². The molecule has 0 amide bonds. The maximum absolute atomic E-state index is 12.4. The lowest BCUT2D eigenvalue weighted by Crippen LogP contribution is -2.35. The average molecular weight is 145 g/mol. The molecular weight excluding hydrogens is 133 g/mol. The van der Waals surface area contributed by atoms with Crippen LogP contribution in [-0.4, -0.2) is 24.5 Å². The highest BCUT2D eigenvalue weighted by Crippen LogP contribution is 2.08. The first-order valence-electron chi connectivity index (χ1n) is 3.63. The molecule has 0 aromatic heterocycles. The van der Waals surface area contributed by atoms with Crippen molar-refractivity contribution in [1.82, 2.24) is 5.32 Å². The minimum atomic E-state index is -1.31. The zero-order valence-corrected chi connectivity index (χ0v) is 6.06. The van der Waals surface area contributed by atoms with E-state index in [0.29, 0.717) is 0 Å². The zero-order valence-electron chi connectivity index (χ0n) is 6.06. The predicted octanol–water partition coefficient (Wildman–Crippen LogP) is 0.665. The van der Waals surface area contributed by atoms with Crippen molar-refractivity contribution in [3.8, 4) is 0 Å². The molecule has 1 heterocycles. The molecule has 0 aromatic carbocycles. The monoisotopic (exact) mass is 145 g/mol. The number of rotatable bonds is 2. The largest absolute Gasteiger partial charge is 0.307 e. The molecule has 0 radical (unpaired) electrons. The van der Waals surface area contributed by atoms with Crippen molar-refractivity contribution < 1.29 is 9.18 Å². The first-order chi connectivity index (χ1) is 4.72. The molecule has 1 rings (SSSR count). The highest BCUT2D eigenvalue weighted by atomic mass is 19.1. The van der Waals surface area contributed by atoms with Gasteiger partial charge in [0.05, 0.1) is 6.04 Å². The molecule has 1 saturated heterocycles. The van der Waals surface area contributed by atoms with Gasteiger partial charge in [-0.3, -0.25) is 4.79 Å². The van der Waals surface area contributed by atoms with Crippen LogP contribution in [0.2, 0.25) is 0 Å². The number of nitrogens with one attached hydrogen (secondary N) is 1. The molecule has 3 heteroatoms. The summed E-state index contributed by atoms with van der Waals surface area (Å²) in [7, 11) is 0. The third-order valence-corrected chi connectivity index (χ3v) is 1.80. The molecule has 1 aliphatic rings. The topological polar surface area (TPSA) is 29.1 Å². The molecule has 0 saturated carbocycles. The van der Waals surface area contributed by atoms with E-state index < -0.39 is 6.17 Å². The van der Waals surface area contributed by atoms with E-state index in [0.717, 1.165) is 19.4 Å². The standard InChI is InChI=1S/C7H12FNO/c1-5(8)7(10)6-3-2-4-9-6/h5-6,9H,2-4H2,1H3. The summed E-state index contributed by atoms with van der Waals surface area (Å²) in [6, 6.07) is -0.208. The van der Waals surface area contributed by atoms with E-state index in [1.54, 1.807) is 0 Å². The summed E-state index contributed by atoms with van der Waals surface area (Å²) in [5, 5.41) is 2.95. The zero-order chi connectivity index (χ0) is 7.56. The molecule has 2 unspecified atom stereocenters. The summed E-state index contributed by atoms with van der Waals surface area (Å²) < 4.78 is 12.4. The van der Waals surface area contributed by atoms with Crippen LogP contribution in [-0.2, 0) is 4.79 Å². The SMILES string of the molecule is CC(F)C(=O)C1CCCN1. The molecule has 58 valence electrons. The van der Waals surface area contributed by atoms with Crippen LogP contribution < -0.4 is 5.32 Å². The summed E-state index contributed by atoms with van der Waals surface area (Å²) in [5.41, 5.74) is 0. The van der Waals surface area contributed by atoms with Crippen LogP contribution in [0, 0.1) is 0 Å². The Kier molecular flexibility index (Phi) is 2.38. The summed E-state index contributed by atoms with van der Waals surface area (Å²) in [4.78, 5) is 10.9. The second-order valence-corrected chi connectivity index (χ2v) is 2.67. The van der Waals surface area contributed by atoms with Crippen LogP contribution >= 0.6 is 0 Å². The van der Waals surface area contributed by atoms with Crippen LogP contribution in [0.3, 0.4) is 0 Å². The lowest BCUT2D eigenvalue weighted by molar-refractivity contribution is -0.124. The van der Waals surface area contributed by atoms with Gasteiger partial charge in [-0.25, -0.2) is 4.39 Å². The first-order valence-corrected chi connectivity index (χ1v) is 3.63. The Bertz CT molecular complexity index is 130. The number of halogens is 1. The normalized spacial score (nSPS) is 28.4. The smallest absolute Gasteiger partial charge is 0.183 e. The Morgan fingerprint density at radius 2 is 2.50 bits per heavy atom. The van der Waals surface area contributed by atoms with Gasteiger partial charge in [-0.15, -0.1) is 0 Å². The van der Waals surface area contributed by atoms with Gasteiger partial charge in [0.1, 0.15) is 0 Å². The Morgan fingerprint density at radius 1 is 1.80 bits per heavy atom.